The average molecular weight is 213 g/mol. The Morgan fingerprint density at radius 3 is 2.23 bits per heavy atom. The molecule has 9 nitrogen and oxygen atoms in total. The van der Waals surface area contributed by atoms with Gasteiger partial charge in [0, 0.05) is 51.4 Å². The van der Waals surface area contributed by atoms with E-state index in [1.807, 2.05) is 0 Å². The Bertz CT molecular complexity index is 285. The third-order valence-corrected chi connectivity index (χ3v) is 1.01. The van der Waals surface area contributed by atoms with Crippen molar-refractivity contribution >= 4 is 51.4 Å². The molecule has 0 bridgehead atoms. The molecule has 65 valence electrons. The summed E-state index contributed by atoms with van der Waals surface area (Å²) in [7, 11) is 0. The second-order valence-electron chi connectivity index (χ2n) is 1.73. The molecular weight excluding hydrogens is 211 g/mol. The summed E-state index contributed by atoms with van der Waals surface area (Å²) in [4.78, 5) is 21.1. The summed E-state index contributed by atoms with van der Waals surface area (Å²) < 4.78 is 4.13. The van der Waals surface area contributed by atoms with Crippen molar-refractivity contribution in [2.75, 3.05) is 0 Å². The van der Waals surface area contributed by atoms with E-state index in [2.05, 4.69) is 14.7 Å². The van der Waals surface area contributed by atoms with E-state index in [9.17, 15) is 20.2 Å². The molecule has 1 rings (SSSR count). The van der Waals surface area contributed by atoms with Crippen LogP contribution in [0.25, 0.3) is 0 Å². The number of nitro groups is 2. The predicted molar refractivity (Wildman–Crippen MR) is 36.8 cm³/mol. The quantitative estimate of drug-likeness (QED) is 0.279. The van der Waals surface area contributed by atoms with Crippen LogP contribution in [0, 0.1) is 20.2 Å². The molecule has 1 aromatic heterocycles. The maximum absolute atomic E-state index is 10.1. The summed E-state index contributed by atoms with van der Waals surface area (Å²) in [6, 6.07) is 0. The van der Waals surface area contributed by atoms with Gasteiger partial charge >= 0.3 is 12.0 Å². The maximum atomic E-state index is 10.1. The van der Waals surface area contributed by atoms with Crippen molar-refractivity contribution in [2.24, 2.45) is 0 Å². The van der Waals surface area contributed by atoms with Crippen molar-refractivity contribution in [2.45, 2.75) is 6.17 Å². The number of rotatable bonds is 3. The van der Waals surface area contributed by atoms with E-state index in [-0.39, 0.29) is 51.4 Å². The predicted octanol–water partition coefficient (Wildman–Crippen LogP) is -0.759. The summed E-state index contributed by atoms with van der Waals surface area (Å²) in [5.74, 6) is -0.565. The summed E-state index contributed by atoms with van der Waals surface area (Å²) in [6.45, 7) is 0. The molecule has 0 atom stereocenters. The van der Waals surface area contributed by atoms with Gasteiger partial charge < -0.3 is 4.52 Å². The fourth-order valence-corrected chi connectivity index (χ4v) is 0.558. The minimum absolute atomic E-state index is 0. The number of aromatic nitrogens is 2. The molecule has 0 saturated heterocycles. The van der Waals surface area contributed by atoms with Crippen LogP contribution in [-0.2, 0) is 0 Å². The maximum Gasteiger partial charge on any atom is 0.512 e. The number of hydrogen-bond acceptors (Lipinski definition) is 7. The van der Waals surface area contributed by atoms with Crippen LogP contribution in [-0.4, -0.2) is 71.4 Å². The van der Waals surface area contributed by atoms with E-state index in [0.29, 0.717) is 0 Å². The Labute approximate surface area is 113 Å². The standard InChI is InChI=1S/C3H2N4O5.K/c8-6(9)3(7(10)11)2-4-1-12-5-2;/h1,3H;. The first kappa shape index (κ1) is 12.6. The van der Waals surface area contributed by atoms with Crippen molar-refractivity contribution in [3.63, 3.8) is 0 Å². The number of nitrogens with zero attached hydrogens (tertiary/aromatic N) is 4. The molecule has 1 heterocycles. The van der Waals surface area contributed by atoms with Gasteiger partial charge in [-0.1, -0.05) is 0 Å². The normalized spacial score (nSPS) is 9.31. The van der Waals surface area contributed by atoms with Gasteiger partial charge in [0.1, 0.15) is 9.85 Å². The van der Waals surface area contributed by atoms with Gasteiger partial charge in [-0.15, -0.1) is 0 Å². The van der Waals surface area contributed by atoms with Crippen molar-refractivity contribution in [1.82, 2.24) is 10.1 Å². The van der Waals surface area contributed by atoms with Crippen LogP contribution in [0.3, 0.4) is 0 Å². The molecule has 1 aromatic rings. The van der Waals surface area contributed by atoms with Gasteiger partial charge in [0.05, 0.1) is 0 Å². The molecule has 10 heteroatoms. The van der Waals surface area contributed by atoms with E-state index in [1.165, 1.54) is 0 Å². The third-order valence-electron chi connectivity index (χ3n) is 1.01. The van der Waals surface area contributed by atoms with Crippen LogP contribution >= 0.6 is 0 Å². The summed E-state index contributed by atoms with van der Waals surface area (Å²) in [6.07, 6.45) is -1.36. The smallest absolute Gasteiger partial charge is 0.342 e. The second kappa shape index (κ2) is 5.34. The number of hydrogen-bond donors (Lipinski definition) is 0. The molecule has 1 radical (unpaired) electrons. The van der Waals surface area contributed by atoms with E-state index >= 15 is 0 Å². The van der Waals surface area contributed by atoms with Gasteiger partial charge in [-0.05, 0) is 5.16 Å². The molecule has 13 heavy (non-hydrogen) atoms. The summed E-state index contributed by atoms with van der Waals surface area (Å²) >= 11 is 0. The van der Waals surface area contributed by atoms with Gasteiger partial charge in [-0.2, -0.15) is 4.98 Å². The van der Waals surface area contributed by atoms with Crippen molar-refractivity contribution < 1.29 is 14.4 Å². The van der Waals surface area contributed by atoms with Gasteiger partial charge in [0.2, 0.25) is 6.39 Å². The van der Waals surface area contributed by atoms with E-state index in [4.69, 9.17) is 0 Å². The van der Waals surface area contributed by atoms with Gasteiger partial charge in [0.25, 0.3) is 0 Å². The molecule has 0 aliphatic heterocycles. The molecule has 0 aliphatic rings. The molecule has 0 saturated carbocycles. The molecule has 0 spiro atoms. The minimum atomic E-state index is -2.15. The molecule has 0 aliphatic carbocycles. The molecule has 0 N–H and O–H groups in total. The average Bonchev–Trinajstić information content (AvgIpc) is 2.37. The second-order valence-corrected chi connectivity index (χ2v) is 1.73. The first-order valence-corrected chi connectivity index (χ1v) is 2.66. The largest absolute Gasteiger partial charge is 0.512 e. The molecule has 0 fully saturated rings. The Hall–Kier alpha value is -0.424. The Kier molecular flexibility index (Phi) is 5.16. The first-order chi connectivity index (χ1) is 5.63. The van der Waals surface area contributed by atoms with Crippen molar-refractivity contribution in [3.8, 4) is 0 Å². The summed E-state index contributed by atoms with van der Waals surface area (Å²) in [5.41, 5.74) is 0. The minimum Gasteiger partial charge on any atom is -0.342 e. The molecule has 0 unspecified atom stereocenters. The third kappa shape index (κ3) is 3.08. The van der Waals surface area contributed by atoms with Gasteiger partial charge in [0.15, 0.2) is 0 Å². The Balaban J connectivity index is 0.00000144. The molecule has 0 amide bonds. The van der Waals surface area contributed by atoms with Crippen LogP contribution in [0.2, 0.25) is 0 Å². The zero-order chi connectivity index (χ0) is 9.14. The van der Waals surface area contributed by atoms with Crippen LogP contribution in [0.15, 0.2) is 10.9 Å². The van der Waals surface area contributed by atoms with Crippen LogP contribution < -0.4 is 0 Å². The van der Waals surface area contributed by atoms with E-state index in [0.717, 1.165) is 6.39 Å². The zero-order valence-electron chi connectivity index (χ0n) is 6.48. The Morgan fingerprint density at radius 1 is 1.38 bits per heavy atom. The van der Waals surface area contributed by atoms with E-state index in [1.54, 1.807) is 0 Å². The van der Waals surface area contributed by atoms with Gasteiger partial charge in [-0.25, -0.2) is 0 Å². The Morgan fingerprint density at radius 2 is 1.92 bits per heavy atom. The van der Waals surface area contributed by atoms with Gasteiger partial charge in [-0.3, -0.25) is 20.2 Å². The monoisotopic (exact) mass is 213 g/mol. The fourth-order valence-electron chi connectivity index (χ4n) is 0.558. The van der Waals surface area contributed by atoms with E-state index < -0.39 is 21.8 Å². The van der Waals surface area contributed by atoms with Crippen LogP contribution in [0.5, 0.6) is 0 Å². The topological polar surface area (TPSA) is 125 Å². The van der Waals surface area contributed by atoms with Crippen molar-refractivity contribution in [3.05, 3.63) is 32.4 Å². The molecule has 0 aromatic carbocycles. The summed E-state index contributed by atoms with van der Waals surface area (Å²) in [5, 5.41) is 23.2. The van der Waals surface area contributed by atoms with Crippen LogP contribution in [0.4, 0.5) is 0 Å². The SMILES string of the molecule is O=[N+]([O-])C(c1ncon1)[N+](=O)[O-].[K]. The fraction of sp³-hybridized carbons (Fsp3) is 0.333. The molecular formula is C3H2KN4O5. The zero-order valence-corrected chi connectivity index (χ0v) is 9.61. The van der Waals surface area contributed by atoms with Crippen LogP contribution in [0.1, 0.15) is 12.0 Å². The first-order valence-electron chi connectivity index (χ1n) is 2.66. The van der Waals surface area contributed by atoms with Crippen molar-refractivity contribution in [1.29, 1.82) is 0 Å².